The van der Waals surface area contributed by atoms with E-state index in [2.05, 4.69) is 15.3 Å². The Kier molecular flexibility index (Phi) is 7.69. The maximum atomic E-state index is 12.9. The van der Waals surface area contributed by atoms with Crippen molar-refractivity contribution in [3.63, 3.8) is 0 Å². The second-order valence-corrected chi connectivity index (χ2v) is 11.1. The molecule has 2 saturated heterocycles. The molecule has 0 bridgehead atoms. The number of nitrogens with zero attached hydrogens (tertiary/aromatic N) is 5. The highest BCUT2D eigenvalue weighted by atomic mass is 32.2. The van der Waals surface area contributed by atoms with Gasteiger partial charge in [-0.25, -0.2) is 13.4 Å². The van der Waals surface area contributed by atoms with Gasteiger partial charge >= 0.3 is 0 Å². The third kappa shape index (κ3) is 6.17. The van der Waals surface area contributed by atoms with Crippen LogP contribution in [0.2, 0.25) is 0 Å². The second-order valence-electron chi connectivity index (χ2n) is 8.14. The average molecular weight is 519 g/mol. The number of anilines is 1. The fourth-order valence-electron chi connectivity index (χ4n) is 3.48. The summed E-state index contributed by atoms with van der Waals surface area (Å²) in [6, 6.07) is 9.95. The van der Waals surface area contributed by atoms with Gasteiger partial charge in [-0.2, -0.15) is 9.29 Å². The summed E-state index contributed by atoms with van der Waals surface area (Å²) in [5, 5.41) is 1.79. The van der Waals surface area contributed by atoms with E-state index in [1.165, 1.54) is 10.4 Å². The summed E-state index contributed by atoms with van der Waals surface area (Å²) in [5.41, 5.74) is 0.418. The van der Waals surface area contributed by atoms with Crippen LogP contribution < -0.4 is 15.0 Å². The molecule has 0 atom stereocenters. The Balaban J connectivity index is 1.54. The van der Waals surface area contributed by atoms with E-state index >= 15 is 0 Å². The van der Waals surface area contributed by atoms with E-state index in [1.54, 1.807) is 36.4 Å². The van der Waals surface area contributed by atoms with Gasteiger partial charge in [0.1, 0.15) is 6.61 Å². The molecule has 2 amide bonds. The molecule has 4 rings (SSSR count). The van der Waals surface area contributed by atoms with E-state index in [9.17, 15) is 18.0 Å². The number of carbonyl (C=O) groups excluding carboxylic acids is 2. The van der Waals surface area contributed by atoms with Crippen LogP contribution >= 0.6 is 11.8 Å². The van der Waals surface area contributed by atoms with E-state index < -0.39 is 21.2 Å². The normalized spacial score (nSPS) is 18.4. The first-order valence-electron chi connectivity index (χ1n) is 10.9. The van der Waals surface area contributed by atoms with Crippen LogP contribution in [0, 0.1) is 0 Å². The predicted molar refractivity (Wildman–Crippen MR) is 133 cm³/mol. The van der Waals surface area contributed by atoms with E-state index in [0.717, 1.165) is 11.8 Å². The minimum atomic E-state index is -3.58. The van der Waals surface area contributed by atoms with E-state index in [4.69, 9.17) is 4.74 Å². The quantitative estimate of drug-likeness (QED) is 0.511. The van der Waals surface area contributed by atoms with Crippen LogP contribution in [-0.4, -0.2) is 92.2 Å². The van der Waals surface area contributed by atoms with Gasteiger partial charge in [0.25, 0.3) is 11.1 Å². The number of piperazine rings is 1. The lowest BCUT2D eigenvalue weighted by Gasteiger charge is -2.34. The number of rotatable bonds is 8. The van der Waals surface area contributed by atoms with Crippen molar-refractivity contribution in [2.45, 2.75) is 4.90 Å². The fourth-order valence-corrected chi connectivity index (χ4v) is 5.59. The molecule has 2 aromatic rings. The van der Waals surface area contributed by atoms with Crippen LogP contribution in [-0.2, 0) is 14.8 Å². The van der Waals surface area contributed by atoms with Crippen LogP contribution in [0.15, 0.2) is 46.2 Å². The Morgan fingerprint density at radius 1 is 1.11 bits per heavy atom. The summed E-state index contributed by atoms with van der Waals surface area (Å²) < 4.78 is 33.1. The van der Waals surface area contributed by atoms with E-state index in [1.807, 2.05) is 23.9 Å². The van der Waals surface area contributed by atoms with Gasteiger partial charge in [-0.05, 0) is 44.1 Å². The number of nitrogens with one attached hydrogen (secondary N) is 1. The zero-order valence-corrected chi connectivity index (χ0v) is 21.0. The molecule has 2 fully saturated rings. The third-order valence-corrected chi connectivity index (χ3v) is 8.05. The number of likely N-dealkylation sites (N-methyl/N-ethyl adjacent to an activating group) is 1. The summed E-state index contributed by atoms with van der Waals surface area (Å²) in [6.45, 7) is 2.40. The lowest BCUT2D eigenvalue weighted by Crippen LogP contribution is -2.49. The van der Waals surface area contributed by atoms with E-state index in [0.29, 0.717) is 43.8 Å². The Labute approximate surface area is 208 Å². The number of ether oxygens (including phenoxy) is 1. The van der Waals surface area contributed by atoms with Crippen LogP contribution in [0.4, 0.5) is 10.7 Å². The highest BCUT2D eigenvalue weighted by molar-refractivity contribution is 8.18. The molecule has 1 aromatic carbocycles. The molecule has 35 heavy (non-hydrogen) atoms. The van der Waals surface area contributed by atoms with Crippen LogP contribution in [0.3, 0.4) is 0 Å². The molecule has 0 unspecified atom stereocenters. The average Bonchev–Trinajstić information content (AvgIpc) is 3.15. The predicted octanol–water partition coefficient (Wildman–Crippen LogP) is 1.25. The van der Waals surface area contributed by atoms with Crippen molar-refractivity contribution >= 4 is 45.0 Å². The summed E-state index contributed by atoms with van der Waals surface area (Å²) in [5.74, 6) is 0.221. The standard InChI is InChI=1S/C22H26N6O5S2/c1-26(2)12-13-33-19-15-16(14-18-20(29)25-22(30)34-18)23-21(24-19)27-8-10-28(11-9-27)35(31,32)17-6-4-3-5-7-17/h3-7,14-15H,8-13H2,1-2H3,(H,25,29,30). The number of imide groups is 1. The van der Waals surface area contributed by atoms with Gasteiger partial charge in [0.15, 0.2) is 0 Å². The van der Waals surface area contributed by atoms with Gasteiger partial charge in [0.05, 0.1) is 15.5 Å². The molecule has 0 radical (unpaired) electrons. The molecule has 0 saturated carbocycles. The lowest BCUT2D eigenvalue weighted by molar-refractivity contribution is -0.115. The maximum absolute atomic E-state index is 12.9. The molecule has 1 N–H and O–H groups in total. The Bertz CT molecular complexity index is 1230. The maximum Gasteiger partial charge on any atom is 0.290 e. The number of amides is 2. The number of thioether (sulfide) groups is 1. The summed E-state index contributed by atoms with van der Waals surface area (Å²) in [4.78, 5) is 36.9. The highest BCUT2D eigenvalue weighted by Crippen LogP contribution is 2.27. The molecule has 0 aliphatic carbocycles. The largest absolute Gasteiger partial charge is 0.476 e. The minimum absolute atomic E-state index is 0.234. The Morgan fingerprint density at radius 3 is 2.46 bits per heavy atom. The second kappa shape index (κ2) is 10.7. The first-order valence-corrected chi connectivity index (χ1v) is 13.2. The van der Waals surface area contributed by atoms with E-state index in [-0.39, 0.29) is 22.9 Å². The molecule has 3 heterocycles. The van der Waals surface area contributed by atoms with Crippen molar-refractivity contribution in [2.24, 2.45) is 0 Å². The topological polar surface area (TPSA) is 125 Å². The molecule has 186 valence electrons. The van der Waals surface area contributed by atoms with Gasteiger partial charge in [-0.3, -0.25) is 14.9 Å². The van der Waals surface area contributed by atoms with Crippen molar-refractivity contribution in [1.82, 2.24) is 24.5 Å². The van der Waals surface area contributed by atoms with Crippen molar-refractivity contribution in [2.75, 3.05) is 58.3 Å². The molecule has 11 nitrogen and oxygen atoms in total. The monoisotopic (exact) mass is 518 g/mol. The molecule has 13 heteroatoms. The summed E-state index contributed by atoms with van der Waals surface area (Å²) >= 11 is 0.805. The van der Waals surface area contributed by atoms with Gasteiger partial charge < -0.3 is 14.5 Å². The number of hydrogen-bond donors (Lipinski definition) is 1. The van der Waals surface area contributed by atoms with Crippen LogP contribution in [0.5, 0.6) is 5.88 Å². The molecule has 0 spiro atoms. The third-order valence-electron chi connectivity index (χ3n) is 5.32. The smallest absolute Gasteiger partial charge is 0.290 e. The minimum Gasteiger partial charge on any atom is -0.476 e. The number of carbonyl (C=O) groups is 2. The highest BCUT2D eigenvalue weighted by Gasteiger charge is 2.30. The van der Waals surface area contributed by atoms with Crippen molar-refractivity contribution in [3.05, 3.63) is 47.0 Å². The summed E-state index contributed by atoms with van der Waals surface area (Å²) in [7, 11) is 0.279. The molecule has 2 aliphatic rings. The number of benzene rings is 1. The zero-order valence-electron chi connectivity index (χ0n) is 19.4. The van der Waals surface area contributed by atoms with Gasteiger partial charge in [0.2, 0.25) is 21.9 Å². The van der Waals surface area contributed by atoms with Crippen LogP contribution in [0.1, 0.15) is 5.69 Å². The first kappa shape index (κ1) is 25.1. The van der Waals surface area contributed by atoms with Crippen molar-refractivity contribution in [3.8, 4) is 5.88 Å². The van der Waals surface area contributed by atoms with Crippen LogP contribution in [0.25, 0.3) is 6.08 Å². The molecular formula is C22H26N6O5S2. The molecule has 1 aromatic heterocycles. The Morgan fingerprint density at radius 2 is 1.83 bits per heavy atom. The SMILES string of the molecule is CN(C)CCOc1cc(C=C2SC(=O)NC2=O)nc(N2CCN(S(=O)(=O)c3ccccc3)CC2)n1. The van der Waals surface area contributed by atoms with Gasteiger partial charge in [0, 0.05) is 38.8 Å². The lowest BCUT2D eigenvalue weighted by atomic mass is 10.3. The fraction of sp³-hybridized carbons (Fsp3) is 0.364. The number of sulfonamides is 1. The van der Waals surface area contributed by atoms with Gasteiger partial charge in [-0.15, -0.1) is 0 Å². The Hall–Kier alpha value is -3.00. The van der Waals surface area contributed by atoms with Crippen molar-refractivity contribution < 1.29 is 22.7 Å². The number of aromatic nitrogens is 2. The zero-order chi connectivity index (χ0) is 25.0. The number of hydrogen-bond acceptors (Lipinski definition) is 10. The van der Waals surface area contributed by atoms with Crippen molar-refractivity contribution in [1.29, 1.82) is 0 Å². The molecular weight excluding hydrogens is 492 g/mol. The molecule has 2 aliphatic heterocycles. The van der Waals surface area contributed by atoms with Gasteiger partial charge in [-0.1, -0.05) is 18.2 Å². The summed E-state index contributed by atoms with van der Waals surface area (Å²) in [6.07, 6.45) is 1.52. The first-order chi connectivity index (χ1) is 16.7.